The number of hydrogen-bond acceptors (Lipinski definition) is 8. The van der Waals surface area contributed by atoms with E-state index in [0.717, 1.165) is 57.1 Å². The fourth-order valence-electron chi connectivity index (χ4n) is 7.56. The van der Waals surface area contributed by atoms with Crippen molar-refractivity contribution in [3.63, 3.8) is 0 Å². The lowest BCUT2D eigenvalue weighted by molar-refractivity contribution is -0.134. The Morgan fingerprint density at radius 3 is 2.43 bits per heavy atom. The van der Waals surface area contributed by atoms with Gasteiger partial charge in [-0.1, -0.05) is 58.9 Å². The number of aromatic amines is 1. The van der Waals surface area contributed by atoms with E-state index in [-0.39, 0.29) is 47.4 Å². The van der Waals surface area contributed by atoms with Gasteiger partial charge in [0.1, 0.15) is 5.66 Å². The highest BCUT2D eigenvalue weighted by Crippen LogP contribution is 2.50. The highest BCUT2D eigenvalue weighted by molar-refractivity contribution is 6.39. The molecule has 44 heavy (non-hydrogen) atoms. The van der Waals surface area contributed by atoms with Gasteiger partial charge in [0.15, 0.2) is 11.7 Å². The summed E-state index contributed by atoms with van der Waals surface area (Å²) in [6, 6.07) is 7.82. The average molecular weight is 605 g/mol. The van der Waals surface area contributed by atoms with Crippen molar-refractivity contribution in [3.05, 3.63) is 41.2 Å². The molecule has 11 heteroatoms. The number of aromatic nitrogens is 4. The molecule has 238 valence electrons. The Morgan fingerprint density at radius 2 is 1.86 bits per heavy atom. The van der Waals surface area contributed by atoms with Gasteiger partial charge in [-0.15, -0.1) is 10.2 Å². The van der Waals surface area contributed by atoms with Crippen molar-refractivity contribution in [2.24, 2.45) is 21.7 Å². The van der Waals surface area contributed by atoms with Crippen LogP contribution in [-0.2, 0) is 16.1 Å². The van der Waals surface area contributed by atoms with Gasteiger partial charge in [0.2, 0.25) is 0 Å². The number of carbonyl (C=O) groups is 2. The number of benzene rings is 1. The molecule has 1 spiro atoms. The summed E-state index contributed by atoms with van der Waals surface area (Å²) in [5, 5.41) is 16.6. The van der Waals surface area contributed by atoms with Crippen LogP contribution in [0.4, 0.5) is 0 Å². The van der Waals surface area contributed by atoms with Gasteiger partial charge in [0.05, 0.1) is 31.3 Å². The van der Waals surface area contributed by atoms with Crippen LogP contribution in [0.3, 0.4) is 0 Å². The van der Waals surface area contributed by atoms with Crippen LogP contribution >= 0.6 is 0 Å². The van der Waals surface area contributed by atoms with E-state index in [1.54, 1.807) is 0 Å². The fourth-order valence-corrected chi connectivity index (χ4v) is 7.56. The lowest BCUT2D eigenvalue weighted by Crippen LogP contribution is -2.53. The van der Waals surface area contributed by atoms with Crippen LogP contribution in [0.1, 0.15) is 114 Å². The van der Waals surface area contributed by atoms with E-state index in [0.29, 0.717) is 29.7 Å². The second kappa shape index (κ2) is 11.5. The number of nitrogens with zero attached hydrogens (tertiary/aromatic N) is 6. The van der Waals surface area contributed by atoms with Gasteiger partial charge >= 0.3 is 0 Å². The number of amidine groups is 1. The first-order valence-electron chi connectivity index (χ1n) is 16.3. The van der Waals surface area contributed by atoms with Gasteiger partial charge in [-0.2, -0.15) is 5.21 Å². The zero-order chi connectivity index (χ0) is 31.3. The number of ether oxygens (including phenoxy) is 1. The van der Waals surface area contributed by atoms with Crippen LogP contribution in [0.25, 0.3) is 0 Å². The smallest absolute Gasteiger partial charge is 0.291 e. The highest BCUT2D eigenvalue weighted by Gasteiger charge is 2.55. The van der Waals surface area contributed by atoms with E-state index >= 15 is 0 Å². The molecule has 3 fully saturated rings. The van der Waals surface area contributed by atoms with Crippen molar-refractivity contribution in [1.29, 1.82) is 0 Å². The molecule has 4 heterocycles. The second-order valence-electron chi connectivity index (χ2n) is 15.5. The molecule has 4 aliphatic rings. The van der Waals surface area contributed by atoms with Crippen molar-refractivity contribution in [3.8, 4) is 0 Å². The summed E-state index contributed by atoms with van der Waals surface area (Å²) in [4.78, 5) is 37.4. The van der Waals surface area contributed by atoms with Gasteiger partial charge in [-0.25, -0.2) is 4.99 Å². The number of tetrazole rings is 1. The predicted octanol–water partition coefficient (Wildman–Crippen LogP) is 4.64. The summed E-state index contributed by atoms with van der Waals surface area (Å²) in [6.45, 7) is 15.3. The van der Waals surface area contributed by atoms with E-state index in [4.69, 9.17) is 9.73 Å². The molecule has 2 bridgehead atoms. The third-order valence-electron chi connectivity index (χ3n) is 10.2. The zero-order valence-corrected chi connectivity index (χ0v) is 27.1. The minimum absolute atomic E-state index is 0.0487. The summed E-state index contributed by atoms with van der Waals surface area (Å²) in [5.74, 6) is 1.49. The molecule has 11 nitrogen and oxygen atoms in total. The molecule has 2 saturated heterocycles. The lowest BCUT2D eigenvalue weighted by atomic mass is 9.69. The van der Waals surface area contributed by atoms with Crippen molar-refractivity contribution in [2.75, 3.05) is 13.2 Å². The Bertz CT molecular complexity index is 1370. The van der Waals surface area contributed by atoms with Gasteiger partial charge in [0, 0.05) is 12.1 Å². The number of aliphatic imine (C=N–C) groups is 1. The quantitative estimate of drug-likeness (QED) is 0.471. The number of nitrogens with one attached hydrogen (secondary N) is 2. The first-order chi connectivity index (χ1) is 20.8. The second-order valence-corrected chi connectivity index (χ2v) is 15.5. The van der Waals surface area contributed by atoms with Crippen LogP contribution < -0.4 is 5.32 Å². The molecule has 1 aliphatic carbocycles. The molecule has 6 rings (SSSR count). The van der Waals surface area contributed by atoms with Crippen molar-refractivity contribution in [2.45, 2.75) is 117 Å². The number of morpholine rings is 1. The van der Waals surface area contributed by atoms with E-state index in [1.165, 1.54) is 0 Å². The lowest BCUT2D eigenvalue weighted by Gasteiger charge is -2.47. The van der Waals surface area contributed by atoms with Gasteiger partial charge < -0.3 is 19.9 Å². The van der Waals surface area contributed by atoms with Crippen LogP contribution in [0.2, 0.25) is 0 Å². The number of rotatable bonds is 7. The van der Waals surface area contributed by atoms with Crippen LogP contribution in [0, 0.1) is 16.7 Å². The SMILES string of the molecule is CC(C)(C)CC[C@H](c1ccc(C(=O)NCc2nn[nH]n2)cc1)N1C(=O)C(N2C[C@@H]3CC2CO3)=NC12CCC(C(C)(C)C)CC2. The normalized spacial score (nSPS) is 27.7. The molecule has 1 aromatic carbocycles. The van der Waals surface area contributed by atoms with Gasteiger partial charge in [-0.3, -0.25) is 9.59 Å². The Hall–Kier alpha value is -3.34. The molecular formula is C33H48N8O3. The third kappa shape index (κ3) is 6.12. The Labute approximate surface area is 260 Å². The minimum Gasteiger partial charge on any atom is -0.374 e. The van der Waals surface area contributed by atoms with Gasteiger partial charge in [-0.05, 0) is 79.4 Å². The number of amides is 2. The molecule has 2 amide bonds. The maximum Gasteiger partial charge on any atom is 0.291 e. The summed E-state index contributed by atoms with van der Waals surface area (Å²) < 4.78 is 5.89. The number of carbonyl (C=O) groups excluding carboxylic acids is 2. The van der Waals surface area contributed by atoms with E-state index in [1.807, 2.05) is 24.3 Å². The molecule has 3 aliphatic heterocycles. The molecule has 0 radical (unpaired) electrons. The molecule has 2 aromatic rings. The third-order valence-corrected chi connectivity index (χ3v) is 10.2. The first-order valence-corrected chi connectivity index (χ1v) is 16.3. The Balaban J connectivity index is 1.31. The predicted molar refractivity (Wildman–Crippen MR) is 166 cm³/mol. The number of fused-ring (bicyclic) bond motifs is 2. The largest absolute Gasteiger partial charge is 0.374 e. The van der Waals surface area contributed by atoms with Crippen molar-refractivity contribution >= 4 is 17.6 Å². The molecule has 1 aromatic heterocycles. The van der Waals surface area contributed by atoms with Crippen LogP contribution in [0.5, 0.6) is 0 Å². The summed E-state index contributed by atoms with van der Waals surface area (Å²) in [5.41, 5.74) is 1.35. The maximum atomic E-state index is 14.7. The topological polar surface area (TPSA) is 129 Å². The molecule has 1 unspecified atom stereocenters. The van der Waals surface area contributed by atoms with E-state index in [9.17, 15) is 9.59 Å². The van der Waals surface area contributed by atoms with Crippen molar-refractivity contribution < 1.29 is 14.3 Å². The summed E-state index contributed by atoms with van der Waals surface area (Å²) >= 11 is 0. The van der Waals surface area contributed by atoms with Crippen LogP contribution in [-0.4, -0.2) is 79.0 Å². The fraction of sp³-hybridized carbons (Fsp3) is 0.697. The Morgan fingerprint density at radius 1 is 1.14 bits per heavy atom. The zero-order valence-electron chi connectivity index (χ0n) is 27.1. The van der Waals surface area contributed by atoms with Crippen LogP contribution in [0.15, 0.2) is 29.3 Å². The minimum atomic E-state index is -0.556. The summed E-state index contributed by atoms with van der Waals surface area (Å²) in [6.07, 6.45) is 6.75. The molecule has 1 saturated carbocycles. The van der Waals surface area contributed by atoms with Crippen molar-refractivity contribution in [1.82, 2.24) is 35.7 Å². The number of hydrogen-bond donors (Lipinski definition) is 2. The molecular weight excluding hydrogens is 556 g/mol. The highest BCUT2D eigenvalue weighted by atomic mass is 16.5. The average Bonchev–Trinajstić information content (AvgIpc) is 3.78. The first kappa shape index (κ1) is 30.7. The maximum absolute atomic E-state index is 14.7. The number of likely N-dealkylation sites (tertiary alicyclic amines) is 1. The summed E-state index contributed by atoms with van der Waals surface area (Å²) in [7, 11) is 0. The van der Waals surface area contributed by atoms with E-state index < -0.39 is 5.66 Å². The van der Waals surface area contributed by atoms with Gasteiger partial charge in [0.25, 0.3) is 11.8 Å². The monoisotopic (exact) mass is 604 g/mol. The number of H-pyrrole nitrogens is 1. The Kier molecular flexibility index (Phi) is 8.05. The van der Waals surface area contributed by atoms with E-state index in [2.05, 4.69) is 77.3 Å². The molecule has 3 atom stereocenters. The molecule has 2 N–H and O–H groups in total. The standard InChI is InChI=1S/C33H48N8O3/c1-31(2,3)14-13-26(21-7-9-22(10-8-21)29(42)34-18-27-36-38-39-37-27)41-30(43)28(40-19-25-17-24(40)20-44-25)35-33(41)15-11-23(12-16-33)32(4,5)6/h7-10,23-26H,11-20H2,1-6H3,(H,34,42)(H,36,37,38,39)/t23?,24?,25-,26+,33?/m0/s1.